The summed E-state index contributed by atoms with van der Waals surface area (Å²) in [7, 11) is 0. The summed E-state index contributed by atoms with van der Waals surface area (Å²) in [5.41, 5.74) is 3.45. The molecule has 5 rings (SSSR count). The van der Waals surface area contributed by atoms with Crippen LogP contribution in [0.4, 0.5) is 10.8 Å². The van der Waals surface area contributed by atoms with Crippen LogP contribution in [0.3, 0.4) is 0 Å². The number of thioether (sulfide) groups is 1. The maximum absolute atomic E-state index is 13.5. The number of hydrogen-bond donors (Lipinski definition) is 2. The van der Waals surface area contributed by atoms with Gasteiger partial charge in [0.05, 0.1) is 12.3 Å². The van der Waals surface area contributed by atoms with Crippen LogP contribution in [0.1, 0.15) is 49.8 Å². The SMILES string of the molecule is CCOc1ccc(-c2csc(NC(=O)C(Sc3ccc(NC(=O)C4CCCCC4)cc3)c3ccccc3)n2)cc1. The van der Waals surface area contributed by atoms with E-state index in [1.807, 2.05) is 91.2 Å². The number of rotatable bonds is 10. The van der Waals surface area contributed by atoms with Gasteiger partial charge in [0.15, 0.2) is 5.13 Å². The maximum atomic E-state index is 13.5. The van der Waals surface area contributed by atoms with Gasteiger partial charge in [0.1, 0.15) is 11.0 Å². The molecule has 206 valence electrons. The Hall–Kier alpha value is -3.62. The van der Waals surface area contributed by atoms with Gasteiger partial charge in [0, 0.05) is 27.4 Å². The molecule has 6 nitrogen and oxygen atoms in total. The Labute approximate surface area is 243 Å². The lowest BCUT2D eigenvalue weighted by Crippen LogP contribution is -2.24. The molecule has 1 atom stereocenters. The van der Waals surface area contributed by atoms with Crippen LogP contribution in [0.5, 0.6) is 5.75 Å². The molecule has 0 saturated heterocycles. The molecule has 1 aromatic heterocycles. The van der Waals surface area contributed by atoms with Crippen molar-refractivity contribution in [1.29, 1.82) is 0 Å². The van der Waals surface area contributed by atoms with E-state index in [4.69, 9.17) is 4.74 Å². The molecule has 2 N–H and O–H groups in total. The maximum Gasteiger partial charge on any atom is 0.244 e. The van der Waals surface area contributed by atoms with E-state index in [0.717, 1.165) is 58.8 Å². The Bertz CT molecular complexity index is 1400. The van der Waals surface area contributed by atoms with E-state index in [1.54, 1.807) is 0 Å². The minimum Gasteiger partial charge on any atom is -0.494 e. The molecule has 2 amide bonds. The van der Waals surface area contributed by atoms with E-state index in [9.17, 15) is 9.59 Å². The van der Waals surface area contributed by atoms with Crippen LogP contribution in [0.15, 0.2) is 89.1 Å². The largest absolute Gasteiger partial charge is 0.494 e. The van der Waals surface area contributed by atoms with Crippen LogP contribution in [-0.2, 0) is 9.59 Å². The number of nitrogens with one attached hydrogen (secondary N) is 2. The van der Waals surface area contributed by atoms with Gasteiger partial charge < -0.3 is 15.4 Å². The number of thiazole rings is 1. The molecular weight excluding hydrogens is 539 g/mol. The topological polar surface area (TPSA) is 80.3 Å². The minimum atomic E-state index is -0.471. The first-order valence-electron chi connectivity index (χ1n) is 13.7. The van der Waals surface area contributed by atoms with Gasteiger partial charge in [-0.25, -0.2) is 4.98 Å². The molecule has 4 aromatic rings. The molecule has 1 aliphatic carbocycles. The summed E-state index contributed by atoms with van der Waals surface area (Å²) in [6.45, 7) is 2.57. The molecule has 1 heterocycles. The van der Waals surface area contributed by atoms with Gasteiger partial charge in [0.25, 0.3) is 0 Å². The summed E-state index contributed by atoms with van der Waals surface area (Å²) in [5, 5.41) is 8.11. The fourth-order valence-electron chi connectivity index (χ4n) is 4.79. The Morgan fingerprint density at radius 1 is 0.950 bits per heavy atom. The van der Waals surface area contributed by atoms with Gasteiger partial charge in [0.2, 0.25) is 11.8 Å². The van der Waals surface area contributed by atoms with E-state index >= 15 is 0 Å². The van der Waals surface area contributed by atoms with E-state index in [-0.39, 0.29) is 17.7 Å². The highest BCUT2D eigenvalue weighted by atomic mass is 32.2. The first-order valence-corrected chi connectivity index (χ1v) is 15.5. The summed E-state index contributed by atoms with van der Waals surface area (Å²) in [4.78, 5) is 31.8. The van der Waals surface area contributed by atoms with Crippen molar-refractivity contribution in [2.45, 2.75) is 49.2 Å². The van der Waals surface area contributed by atoms with Crippen LogP contribution in [-0.4, -0.2) is 23.4 Å². The molecule has 3 aromatic carbocycles. The third-order valence-corrected chi connectivity index (χ3v) is 8.91. The minimum absolute atomic E-state index is 0.106. The van der Waals surface area contributed by atoms with Crippen LogP contribution in [0, 0.1) is 5.92 Å². The number of ether oxygens (including phenoxy) is 1. The highest BCUT2D eigenvalue weighted by Crippen LogP contribution is 2.37. The molecule has 0 radical (unpaired) electrons. The summed E-state index contributed by atoms with van der Waals surface area (Å²) < 4.78 is 5.52. The van der Waals surface area contributed by atoms with E-state index in [1.165, 1.54) is 29.5 Å². The highest BCUT2D eigenvalue weighted by molar-refractivity contribution is 8.00. The fraction of sp³-hybridized carbons (Fsp3) is 0.281. The van der Waals surface area contributed by atoms with Gasteiger partial charge in [-0.2, -0.15) is 0 Å². The number of carbonyl (C=O) groups excluding carboxylic acids is 2. The van der Waals surface area contributed by atoms with E-state index < -0.39 is 5.25 Å². The predicted octanol–water partition coefficient (Wildman–Crippen LogP) is 8.20. The lowest BCUT2D eigenvalue weighted by Gasteiger charge is -2.21. The number of nitrogens with zero attached hydrogens (tertiary/aromatic N) is 1. The first kappa shape index (κ1) is 27.9. The zero-order valence-corrected chi connectivity index (χ0v) is 24.1. The van der Waals surface area contributed by atoms with Crippen molar-refractivity contribution < 1.29 is 14.3 Å². The molecule has 1 aliphatic rings. The number of anilines is 2. The van der Waals surface area contributed by atoms with Crippen molar-refractivity contribution >= 4 is 45.7 Å². The first-order chi connectivity index (χ1) is 19.6. The molecule has 1 saturated carbocycles. The Morgan fingerprint density at radius 3 is 2.38 bits per heavy atom. The normalized spacial score (nSPS) is 14.3. The van der Waals surface area contributed by atoms with Crippen molar-refractivity contribution in [1.82, 2.24) is 4.98 Å². The lowest BCUT2D eigenvalue weighted by atomic mass is 9.88. The van der Waals surface area contributed by atoms with Gasteiger partial charge in [-0.1, -0.05) is 49.6 Å². The standard InChI is InChI=1S/C32H33N3O3S2/c1-2-38-26-17-13-22(14-18-26)28-21-39-32(34-28)35-31(37)29(23-9-5-3-6-10-23)40-27-19-15-25(16-20-27)33-30(36)24-11-7-4-8-12-24/h3,5-6,9-10,13-21,24,29H,2,4,7-8,11-12H2,1H3,(H,33,36)(H,34,35,37). The predicted molar refractivity (Wildman–Crippen MR) is 164 cm³/mol. The van der Waals surface area contributed by atoms with Crippen molar-refractivity contribution in [3.05, 3.63) is 89.8 Å². The van der Waals surface area contributed by atoms with Crippen molar-refractivity contribution in [3.63, 3.8) is 0 Å². The van der Waals surface area contributed by atoms with Crippen LogP contribution in [0.2, 0.25) is 0 Å². The van der Waals surface area contributed by atoms with Crippen LogP contribution in [0.25, 0.3) is 11.3 Å². The van der Waals surface area contributed by atoms with Crippen molar-refractivity contribution in [3.8, 4) is 17.0 Å². The summed E-state index contributed by atoms with van der Waals surface area (Å²) in [6.07, 6.45) is 5.40. The third-order valence-electron chi connectivity index (χ3n) is 6.89. The Kier molecular flexibility index (Phi) is 9.52. The summed E-state index contributed by atoms with van der Waals surface area (Å²) >= 11 is 2.87. The number of amides is 2. The molecular formula is C32H33N3O3S2. The van der Waals surface area contributed by atoms with Gasteiger partial charge in [-0.15, -0.1) is 23.1 Å². The molecule has 0 aliphatic heterocycles. The Balaban J connectivity index is 1.26. The smallest absolute Gasteiger partial charge is 0.244 e. The average Bonchev–Trinajstić information content (AvgIpc) is 3.46. The van der Waals surface area contributed by atoms with Crippen molar-refractivity contribution in [2.24, 2.45) is 5.92 Å². The number of benzene rings is 3. The second-order valence-corrected chi connectivity index (χ2v) is 11.8. The molecule has 40 heavy (non-hydrogen) atoms. The van der Waals surface area contributed by atoms with E-state index in [0.29, 0.717) is 11.7 Å². The van der Waals surface area contributed by atoms with Crippen molar-refractivity contribution in [2.75, 3.05) is 17.2 Å². The second kappa shape index (κ2) is 13.6. The zero-order valence-electron chi connectivity index (χ0n) is 22.5. The lowest BCUT2D eigenvalue weighted by molar-refractivity contribution is -0.120. The van der Waals surface area contributed by atoms with Gasteiger partial charge >= 0.3 is 0 Å². The summed E-state index contributed by atoms with van der Waals surface area (Å²) in [5.74, 6) is 0.889. The van der Waals surface area contributed by atoms with Crippen LogP contribution >= 0.6 is 23.1 Å². The summed E-state index contributed by atoms with van der Waals surface area (Å²) in [6, 6.07) is 25.3. The van der Waals surface area contributed by atoms with E-state index in [2.05, 4.69) is 15.6 Å². The Morgan fingerprint density at radius 2 is 1.68 bits per heavy atom. The second-order valence-electron chi connectivity index (χ2n) is 9.74. The molecule has 1 unspecified atom stereocenters. The molecule has 0 bridgehead atoms. The molecule has 0 spiro atoms. The van der Waals surface area contributed by atoms with Crippen LogP contribution < -0.4 is 15.4 Å². The zero-order chi connectivity index (χ0) is 27.7. The monoisotopic (exact) mass is 571 g/mol. The molecule has 8 heteroatoms. The number of hydrogen-bond acceptors (Lipinski definition) is 6. The van der Waals surface area contributed by atoms with Gasteiger partial charge in [-0.3, -0.25) is 9.59 Å². The average molecular weight is 572 g/mol. The molecule has 1 fully saturated rings. The third kappa shape index (κ3) is 7.31. The highest BCUT2D eigenvalue weighted by Gasteiger charge is 2.24. The number of aromatic nitrogens is 1. The number of carbonyl (C=O) groups is 2. The quantitative estimate of drug-likeness (QED) is 0.188. The van der Waals surface area contributed by atoms with Gasteiger partial charge in [-0.05, 0) is 73.9 Å². The fourth-order valence-corrected chi connectivity index (χ4v) is 6.53.